The first kappa shape index (κ1) is 14.9. The maximum atomic E-state index is 12.8. The van der Waals surface area contributed by atoms with Crippen molar-refractivity contribution < 1.29 is 9.53 Å². The summed E-state index contributed by atoms with van der Waals surface area (Å²) < 4.78 is 5.46. The van der Waals surface area contributed by atoms with E-state index in [0.29, 0.717) is 18.0 Å². The molecule has 1 saturated carbocycles. The molecule has 1 aliphatic carbocycles. The number of hydrogen-bond acceptors (Lipinski definition) is 4. The van der Waals surface area contributed by atoms with Gasteiger partial charge >= 0.3 is 0 Å². The van der Waals surface area contributed by atoms with Gasteiger partial charge in [-0.1, -0.05) is 6.42 Å². The minimum Gasteiger partial charge on any atom is -0.379 e. The molecule has 4 fully saturated rings. The highest BCUT2D eigenvalue weighted by atomic mass is 16.5. The van der Waals surface area contributed by atoms with E-state index in [1.807, 2.05) is 0 Å². The van der Waals surface area contributed by atoms with Gasteiger partial charge in [0.15, 0.2) is 0 Å². The number of rotatable bonds is 4. The summed E-state index contributed by atoms with van der Waals surface area (Å²) in [5.41, 5.74) is 0. The second-order valence-electron chi connectivity index (χ2n) is 7.37. The molecule has 0 radical (unpaired) electrons. The van der Waals surface area contributed by atoms with Crippen molar-refractivity contribution in [3.63, 3.8) is 0 Å². The summed E-state index contributed by atoms with van der Waals surface area (Å²) in [7, 11) is 0. The minimum atomic E-state index is 0.173. The molecule has 4 rings (SSSR count). The molecule has 5 heteroatoms. The first-order valence-corrected chi connectivity index (χ1v) is 9.19. The summed E-state index contributed by atoms with van der Waals surface area (Å²) in [4.78, 5) is 20.0. The zero-order valence-corrected chi connectivity index (χ0v) is 13.6. The molecule has 3 aliphatic heterocycles. The fourth-order valence-corrected chi connectivity index (χ4v) is 4.45. The number of ether oxygens (including phenoxy) is 1. The van der Waals surface area contributed by atoms with E-state index < -0.39 is 0 Å². The number of morpholine rings is 1. The molecular formula is C17H29N3O2. The number of likely N-dealkylation sites (tertiary alicyclic amines) is 2. The molecule has 4 aliphatic rings. The van der Waals surface area contributed by atoms with E-state index in [2.05, 4.69) is 14.7 Å². The molecule has 0 bridgehead atoms. The van der Waals surface area contributed by atoms with Gasteiger partial charge in [0.1, 0.15) is 0 Å². The van der Waals surface area contributed by atoms with Crippen molar-refractivity contribution in [2.45, 2.75) is 56.7 Å². The van der Waals surface area contributed by atoms with Crippen LogP contribution in [0.25, 0.3) is 0 Å². The number of carbonyl (C=O) groups is 1. The summed E-state index contributed by atoms with van der Waals surface area (Å²) in [6, 6.07) is 1.33. The maximum Gasteiger partial charge on any atom is 0.240 e. The van der Waals surface area contributed by atoms with Crippen LogP contribution in [0.2, 0.25) is 0 Å². The van der Waals surface area contributed by atoms with E-state index in [1.165, 1.54) is 32.1 Å². The first-order chi connectivity index (χ1) is 10.8. The van der Waals surface area contributed by atoms with Crippen molar-refractivity contribution in [3.8, 4) is 0 Å². The first-order valence-electron chi connectivity index (χ1n) is 9.19. The number of nitrogens with zero attached hydrogens (tertiary/aromatic N) is 3. The highest BCUT2D eigenvalue weighted by molar-refractivity contribution is 5.84. The molecule has 3 heterocycles. The molecule has 0 N–H and O–H groups in total. The molecule has 3 saturated heterocycles. The number of piperidine rings is 1. The molecule has 0 spiro atoms. The predicted octanol–water partition coefficient (Wildman–Crippen LogP) is 0.936. The zero-order valence-electron chi connectivity index (χ0n) is 13.6. The van der Waals surface area contributed by atoms with Gasteiger partial charge in [-0.05, 0) is 38.6 Å². The van der Waals surface area contributed by atoms with E-state index in [-0.39, 0.29) is 6.04 Å². The van der Waals surface area contributed by atoms with E-state index >= 15 is 0 Å². The fraction of sp³-hybridized carbons (Fsp3) is 0.941. The van der Waals surface area contributed by atoms with Gasteiger partial charge in [0, 0.05) is 38.3 Å². The Morgan fingerprint density at radius 2 is 1.77 bits per heavy atom. The Kier molecular flexibility index (Phi) is 4.38. The molecule has 0 aromatic carbocycles. The highest BCUT2D eigenvalue weighted by Gasteiger charge is 2.44. The SMILES string of the molecule is O=C1[C@@H](N2CCCC[C@@H]2CN2CCOCC2)CCN1C1CC1. The number of carbonyl (C=O) groups excluding carboxylic acids is 1. The quantitative estimate of drug-likeness (QED) is 0.774. The Morgan fingerprint density at radius 1 is 0.955 bits per heavy atom. The van der Waals surface area contributed by atoms with Crippen LogP contribution >= 0.6 is 0 Å². The Bertz CT molecular complexity index is 407. The zero-order chi connectivity index (χ0) is 14.9. The summed E-state index contributed by atoms with van der Waals surface area (Å²) in [5.74, 6) is 0.427. The van der Waals surface area contributed by atoms with Crippen molar-refractivity contribution in [2.75, 3.05) is 45.9 Å². The van der Waals surface area contributed by atoms with Crippen molar-refractivity contribution in [2.24, 2.45) is 0 Å². The van der Waals surface area contributed by atoms with Gasteiger partial charge in [0.25, 0.3) is 0 Å². The molecule has 1 amide bonds. The van der Waals surface area contributed by atoms with E-state index in [0.717, 1.165) is 52.4 Å². The molecule has 0 unspecified atom stereocenters. The third kappa shape index (κ3) is 3.03. The average Bonchev–Trinajstić information content (AvgIpc) is 3.32. The molecule has 2 atom stereocenters. The monoisotopic (exact) mass is 307 g/mol. The summed E-state index contributed by atoms with van der Waals surface area (Å²) in [6.07, 6.45) is 7.34. The van der Waals surface area contributed by atoms with E-state index in [1.54, 1.807) is 0 Å². The average molecular weight is 307 g/mol. The fourth-order valence-electron chi connectivity index (χ4n) is 4.45. The van der Waals surface area contributed by atoms with Crippen LogP contribution in [-0.2, 0) is 9.53 Å². The van der Waals surface area contributed by atoms with Crippen LogP contribution < -0.4 is 0 Å². The van der Waals surface area contributed by atoms with E-state index in [9.17, 15) is 4.79 Å². The lowest BCUT2D eigenvalue weighted by atomic mass is 9.98. The lowest BCUT2D eigenvalue weighted by Gasteiger charge is -2.42. The van der Waals surface area contributed by atoms with Gasteiger partial charge in [-0.25, -0.2) is 0 Å². The van der Waals surface area contributed by atoms with E-state index in [4.69, 9.17) is 4.74 Å². The van der Waals surface area contributed by atoms with Crippen LogP contribution in [0.15, 0.2) is 0 Å². The van der Waals surface area contributed by atoms with Crippen LogP contribution in [0, 0.1) is 0 Å². The van der Waals surface area contributed by atoms with Gasteiger partial charge in [-0.2, -0.15) is 0 Å². The smallest absolute Gasteiger partial charge is 0.240 e. The van der Waals surface area contributed by atoms with Crippen LogP contribution in [0.1, 0.15) is 38.5 Å². The Hall–Kier alpha value is -0.650. The molecule has 124 valence electrons. The lowest BCUT2D eigenvalue weighted by molar-refractivity contribution is -0.134. The van der Waals surface area contributed by atoms with Crippen LogP contribution in [0.3, 0.4) is 0 Å². The topological polar surface area (TPSA) is 36.0 Å². The third-order valence-electron chi connectivity index (χ3n) is 5.84. The summed E-state index contributed by atoms with van der Waals surface area (Å²) in [6.45, 7) is 7.07. The largest absolute Gasteiger partial charge is 0.379 e. The minimum absolute atomic E-state index is 0.173. The Morgan fingerprint density at radius 3 is 2.55 bits per heavy atom. The normalized spacial score (nSPS) is 35.3. The lowest BCUT2D eigenvalue weighted by Crippen LogP contribution is -2.54. The molecular weight excluding hydrogens is 278 g/mol. The van der Waals surface area contributed by atoms with Gasteiger partial charge in [-0.15, -0.1) is 0 Å². The van der Waals surface area contributed by atoms with Crippen molar-refractivity contribution in [1.82, 2.24) is 14.7 Å². The van der Waals surface area contributed by atoms with Gasteiger partial charge in [-0.3, -0.25) is 14.6 Å². The van der Waals surface area contributed by atoms with Crippen LogP contribution in [0.5, 0.6) is 0 Å². The van der Waals surface area contributed by atoms with Crippen molar-refractivity contribution in [1.29, 1.82) is 0 Å². The van der Waals surface area contributed by atoms with Gasteiger partial charge in [0.2, 0.25) is 5.91 Å². The summed E-state index contributed by atoms with van der Waals surface area (Å²) in [5, 5.41) is 0. The van der Waals surface area contributed by atoms with Crippen LogP contribution in [0.4, 0.5) is 0 Å². The number of hydrogen-bond donors (Lipinski definition) is 0. The van der Waals surface area contributed by atoms with Crippen LogP contribution in [-0.4, -0.2) is 84.7 Å². The second kappa shape index (κ2) is 6.46. The van der Waals surface area contributed by atoms with Gasteiger partial charge in [0.05, 0.1) is 19.3 Å². The molecule has 0 aromatic rings. The highest BCUT2D eigenvalue weighted by Crippen LogP contribution is 2.34. The Labute approximate surface area is 133 Å². The van der Waals surface area contributed by atoms with Crippen molar-refractivity contribution in [3.05, 3.63) is 0 Å². The standard InChI is InChI=1S/C17H29N3O2/c21-17-16(6-8-20(17)14-4-5-14)19-7-2-1-3-15(19)13-18-9-11-22-12-10-18/h14-16H,1-13H2/t15-,16+/m1/s1. The molecule has 5 nitrogen and oxygen atoms in total. The maximum absolute atomic E-state index is 12.8. The number of amides is 1. The van der Waals surface area contributed by atoms with Crippen molar-refractivity contribution >= 4 is 5.91 Å². The second-order valence-corrected chi connectivity index (χ2v) is 7.37. The molecule has 22 heavy (non-hydrogen) atoms. The Balaban J connectivity index is 1.40. The molecule has 0 aromatic heterocycles. The predicted molar refractivity (Wildman–Crippen MR) is 84.7 cm³/mol. The summed E-state index contributed by atoms with van der Waals surface area (Å²) >= 11 is 0. The van der Waals surface area contributed by atoms with Gasteiger partial charge < -0.3 is 9.64 Å². The third-order valence-corrected chi connectivity index (χ3v) is 5.84.